The minimum atomic E-state index is -1.25. The summed E-state index contributed by atoms with van der Waals surface area (Å²) in [7, 11) is 0. The molecule has 0 heterocycles. The van der Waals surface area contributed by atoms with E-state index in [-0.39, 0.29) is 28.6 Å². The van der Waals surface area contributed by atoms with Gasteiger partial charge in [0.05, 0.1) is 24.0 Å². The van der Waals surface area contributed by atoms with E-state index >= 15 is 0 Å². The normalized spacial score (nSPS) is 12.5. The van der Waals surface area contributed by atoms with Crippen LogP contribution in [0.15, 0.2) is 0 Å². The summed E-state index contributed by atoms with van der Waals surface area (Å²) in [6.45, 7) is 0. The van der Waals surface area contributed by atoms with Gasteiger partial charge in [0.1, 0.15) is 0 Å². The van der Waals surface area contributed by atoms with Crippen LogP contribution in [0.25, 0.3) is 0 Å². The Morgan fingerprint density at radius 3 is 1.20 bits per heavy atom. The third-order valence-electron chi connectivity index (χ3n) is 0.999. The quantitative estimate of drug-likeness (QED) is 0.309. The van der Waals surface area contributed by atoms with E-state index in [2.05, 4.69) is 25.3 Å². The van der Waals surface area contributed by atoms with Crippen molar-refractivity contribution in [1.82, 2.24) is 0 Å². The van der Waals surface area contributed by atoms with Crippen LogP contribution in [0.3, 0.4) is 0 Å². The number of carbonyl (C=O) groups is 2. The van der Waals surface area contributed by atoms with E-state index in [0.29, 0.717) is 0 Å². The van der Waals surface area contributed by atoms with E-state index in [1.165, 1.54) is 0 Å². The average molecular weight is 304 g/mol. The number of rotatable bonds is 4. The zero-order valence-corrected chi connectivity index (χ0v) is 10.3. The Morgan fingerprint density at radius 1 is 1.00 bits per heavy atom. The van der Waals surface area contributed by atoms with Crippen LogP contribution >= 0.6 is 25.3 Å². The largest absolute Gasteiger partial charge is 2.00 e. The zero-order valence-electron chi connectivity index (χ0n) is 7.55. The van der Waals surface area contributed by atoms with E-state index < -0.39 is 24.0 Å². The molecular weight excluding hydrogens is 292 g/mol. The summed E-state index contributed by atoms with van der Waals surface area (Å²) in [4.78, 5) is 19.3. The van der Waals surface area contributed by atoms with Crippen LogP contribution in [0.5, 0.6) is 0 Å². The Hall–Kier alpha value is 0.0795. The number of nitrogens with two attached hydrogens (primary N) is 2. The first-order valence-corrected chi connectivity index (χ1v) is 4.77. The van der Waals surface area contributed by atoms with Crippen LogP contribution in [-0.2, 0) is 26.7 Å². The number of carboxylic acids is 2. The molecule has 0 aromatic heterocycles. The molecule has 4 N–H and O–H groups in total. The molecule has 6 nitrogen and oxygen atoms in total. The Labute approximate surface area is 109 Å². The summed E-state index contributed by atoms with van der Waals surface area (Å²) in [5, 5.41) is 19.3. The van der Waals surface area contributed by atoms with E-state index in [0.717, 1.165) is 0 Å². The van der Waals surface area contributed by atoms with Gasteiger partial charge in [-0.05, 0) is 0 Å². The first kappa shape index (κ1) is 20.5. The van der Waals surface area contributed by atoms with Crippen molar-refractivity contribution in [3.8, 4) is 0 Å². The van der Waals surface area contributed by atoms with Crippen molar-refractivity contribution in [1.29, 1.82) is 0 Å². The molecule has 0 aromatic rings. The molecule has 15 heavy (non-hydrogen) atoms. The molecule has 93 valence electrons. The SMILES string of the molecule is NC(CS)C(=O)[O-].NC(CS)C(=O)[O-].[Cu+2]. The molecule has 0 aliphatic heterocycles. The van der Waals surface area contributed by atoms with Gasteiger partial charge in [-0.2, -0.15) is 25.3 Å². The predicted molar refractivity (Wildman–Crippen MR) is 53.7 cm³/mol. The van der Waals surface area contributed by atoms with Gasteiger partial charge in [-0.1, -0.05) is 0 Å². The summed E-state index contributed by atoms with van der Waals surface area (Å²) in [6, 6.07) is -1.85. The number of carbonyl (C=O) groups excluding carboxylic acids is 2. The van der Waals surface area contributed by atoms with Gasteiger partial charge in [0, 0.05) is 11.5 Å². The van der Waals surface area contributed by atoms with Crippen molar-refractivity contribution in [2.45, 2.75) is 12.1 Å². The smallest absolute Gasteiger partial charge is 0.548 e. The van der Waals surface area contributed by atoms with E-state index in [1.807, 2.05) is 0 Å². The molecule has 9 heteroatoms. The summed E-state index contributed by atoms with van der Waals surface area (Å²) in [5.74, 6) is -2.25. The molecule has 2 unspecified atom stereocenters. The topological polar surface area (TPSA) is 132 Å². The summed E-state index contributed by atoms with van der Waals surface area (Å²) in [5.41, 5.74) is 9.75. The second-order valence-corrected chi connectivity index (χ2v) is 2.95. The van der Waals surface area contributed by atoms with Gasteiger partial charge < -0.3 is 31.3 Å². The minimum absolute atomic E-state index is 0. The Kier molecular flexibility index (Phi) is 16.6. The molecule has 0 spiro atoms. The van der Waals surface area contributed by atoms with Crippen LogP contribution in [0.1, 0.15) is 0 Å². The van der Waals surface area contributed by atoms with Crippen molar-refractivity contribution >= 4 is 37.2 Å². The molecule has 0 aliphatic carbocycles. The van der Waals surface area contributed by atoms with Crippen LogP contribution in [0.4, 0.5) is 0 Å². The third kappa shape index (κ3) is 14.1. The van der Waals surface area contributed by atoms with Crippen molar-refractivity contribution in [2.24, 2.45) is 11.5 Å². The predicted octanol–water partition coefficient (Wildman–Crippen LogP) is -4.02. The van der Waals surface area contributed by atoms with Crippen molar-refractivity contribution in [3.63, 3.8) is 0 Å². The van der Waals surface area contributed by atoms with Crippen LogP contribution in [0.2, 0.25) is 0 Å². The van der Waals surface area contributed by atoms with E-state index in [1.54, 1.807) is 0 Å². The standard InChI is InChI=1S/2C3H7NO2S.Cu/c2*4-2(1-7)3(5)6;/h2*2,7H,1,4H2,(H,5,6);/q;;+2/p-2. The van der Waals surface area contributed by atoms with Crippen LogP contribution < -0.4 is 21.7 Å². The number of aliphatic carboxylic acids is 2. The van der Waals surface area contributed by atoms with Gasteiger partial charge in [0.15, 0.2) is 0 Å². The van der Waals surface area contributed by atoms with Gasteiger partial charge in [0.2, 0.25) is 0 Å². The molecular formula is C6H12CuN2O4S2. The molecule has 0 aliphatic rings. The first-order chi connectivity index (χ1) is 6.36. The molecule has 2 atom stereocenters. The minimum Gasteiger partial charge on any atom is -0.548 e. The maximum atomic E-state index is 9.65. The second kappa shape index (κ2) is 12.2. The van der Waals surface area contributed by atoms with Gasteiger partial charge in [-0.3, -0.25) is 0 Å². The average Bonchev–Trinajstić information content (AvgIpc) is 2.15. The fourth-order valence-electron chi connectivity index (χ4n) is 0.149. The summed E-state index contributed by atoms with van der Waals surface area (Å²) < 4.78 is 0. The zero-order chi connectivity index (χ0) is 11.7. The molecule has 0 amide bonds. The number of hydrogen-bond acceptors (Lipinski definition) is 8. The fraction of sp³-hybridized carbons (Fsp3) is 0.667. The maximum absolute atomic E-state index is 9.65. The molecule has 0 bridgehead atoms. The van der Waals surface area contributed by atoms with E-state index in [4.69, 9.17) is 11.5 Å². The fourth-order valence-corrected chi connectivity index (χ4v) is 0.447. The molecule has 0 fully saturated rings. The van der Waals surface area contributed by atoms with Gasteiger partial charge in [-0.15, -0.1) is 0 Å². The molecule has 0 aromatic carbocycles. The van der Waals surface area contributed by atoms with Crippen LogP contribution in [-0.4, -0.2) is 35.5 Å². The summed E-state index contributed by atoms with van der Waals surface area (Å²) >= 11 is 7.22. The number of carboxylic acid groups (broad SMARTS) is 2. The maximum Gasteiger partial charge on any atom is 2.00 e. The first-order valence-electron chi connectivity index (χ1n) is 3.51. The van der Waals surface area contributed by atoms with Crippen molar-refractivity contribution in [3.05, 3.63) is 0 Å². The van der Waals surface area contributed by atoms with Crippen LogP contribution in [0, 0.1) is 0 Å². The molecule has 0 saturated heterocycles. The Bertz CT molecular complexity index is 176. The molecule has 0 rings (SSSR count). The number of thiol groups is 2. The molecule has 1 radical (unpaired) electrons. The molecule has 0 saturated carbocycles. The Balaban J connectivity index is -0.000000180. The number of hydrogen-bond donors (Lipinski definition) is 4. The van der Waals surface area contributed by atoms with Gasteiger partial charge in [0.25, 0.3) is 0 Å². The van der Waals surface area contributed by atoms with Gasteiger partial charge in [-0.25, -0.2) is 0 Å². The Morgan fingerprint density at radius 2 is 1.20 bits per heavy atom. The summed E-state index contributed by atoms with van der Waals surface area (Å²) in [6.07, 6.45) is 0. The van der Waals surface area contributed by atoms with Gasteiger partial charge >= 0.3 is 17.1 Å². The van der Waals surface area contributed by atoms with Crippen molar-refractivity contribution < 1.29 is 36.9 Å². The van der Waals surface area contributed by atoms with E-state index in [9.17, 15) is 19.8 Å². The van der Waals surface area contributed by atoms with Crippen molar-refractivity contribution in [2.75, 3.05) is 11.5 Å². The monoisotopic (exact) mass is 303 g/mol. The second-order valence-electron chi connectivity index (χ2n) is 2.22. The third-order valence-corrected chi connectivity index (χ3v) is 1.79.